The maximum Gasteiger partial charge on any atom is 0.229 e. The van der Waals surface area contributed by atoms with Gasteiger partial charge >= 0.3 is 0 Å². The summed E-state index contributed by atoms with van der Waals surface area (Å²) in [6.07, 6.45) is 3.42. The highest BCUT2D eigenvalue weighted by atomic mass is 32.1. The number of thiazole rings is 1. The van der Waals surface area contributed by atoms with Gasteiger partial charge in [0.1, 0.15) is 17.7 Å². The van der Waals surface area contributed by atoms with Crippen LogP contribution in [-0.2, 0) is 17.8 Å². The molecule has 8 heteroatoms. The number of nitrogens with zero attached hydrogens (tertiary/aromatic N) is 4. The number of para-hydroxylation sites is 1. The maximum absolute atomic E-state index is 13.0. The maximum atomic E-state index is 13.0. The lowest BCUT2D eigenvalue weighted by Crippen LogP contribution is -2.16. The van der Waals surface area contributed by atoms with Crippen molar-refractivity contribution >= 4 is 34.3 Å². The van der Waals surface area contributed by atoms with E-state index in [1.165, 1.54) is 6.33 Å². The van der Waals surface area contributed by atoms with Crippen LogP contribution in [0, 0.1) is 0 Å². The minimum Gasteiger partial charge on any atom is -0.325 e. The number of thiophene rings is 1. The lowest BCUT2D eigenvalue weighted by Gasteiger charge is -2.11. The van der Waals surface area contributed by atoms with E-state index in [0.29, 0.717) is 6.54 Å². The Morgan fingerprint density at radius 1 is 1.00 bits per heavy atom. The number of nitrogens with one attached hydrogen (secondary N) is 1. The van der Waals surface area contributed by atoms with Crippen molar-refractivity contribution in [1.29, 1.82) is 0 Å². The third-order valence-corrected chi connectivity index (χ3v) is 6.87. The molecule has 1 amide bonds. The summed E-state index contributed by atoms with van der Waals surface area (Å²) in [7, 11) is 0. The second-order valence-corrected chi connectivity index (χ2v) is 9.14. The first kappa shape index (κ1) is 20.3. The van der Waals surface area contributed by atoms with Gasteiger partial charge < -0.3 is 5.32 Å². The van der Waals surface area contributed by atoms with Gasteiger partial charge in [0.15, 0.2) is 0 Å². The quantitative estimate of drug-likeness (QED) is 0.357. The van der Waals surface area contributed by atoms with Gasteiger partial charge in [0.2, 0.25) is 5.91 Å². The molecule has 2 aromatic carbocycles. The molecule has 0 saturated carbocycles. The molecule has 3 heterocycles. The largest absolute Gasteiger partial charge is 0.325 e. The summed E-state index contributed by atoms with van der Waals surface area (Å²) in [4.78, 5) is 23.9. The molecular weight excluding hydrogens is 438 g/mol. The number of hydrogen-bond donors (Lipinski definition) is 1. The van der Waals surface area contributed by atoms with E-state index in [1.54, 1.807) is 33.7 Å². The van der Waals surface area contributed by atoms with Crippen LogP contribution in [0.5, 0.6) is 0 Å². The molecule has 1 N–H and O–H groups in total. The molecule has 0 unspecified atom stereocenters. The molecule has 0 fully saturated rings. The highest BCUT2D eigenvalue weighted by molar-refractivity contribution is 7.17. The molecule has 0 aliphatic heterocycles. The average molecular weight is 458 g/mol. The molecular formula is C24H19N5OS2. The zero-order valence-corrected chi connectivity index (χ0v) is 18.6. The summed E-state index contributed by atoms with van der Waals surface area (Å²) in [5.41, 5.74) is 3.69. The molecule has 0 aliphatic carbocycles. The van der Waals surface area contributed by atoms with Gasteiger partial charge in [-0.25, -0.2) is 14.6 Å². The van der Waals surface area contributed by atoms with Crippen molar-refractivity contribution in [2.24, 2.45) is 0 Å². The zero-order chi connectivity index (χ0) is 21.8. The van der Waals surface area contributed by atoms with Crippen LogP contribution in [-0.4, -0.2) is 25.7 Å². The highest BCUT2D eigenvalue weighted by Crippen LogP contribution is 2.36. The van der Waals surface area contributed by atoms with Crippen LogP contribution in [0.1, 0.15) is 10.4 Å². The number of benzene rings is 2. The minimum absolute atomic E-state index is 0.0721. The molecule has 6 nitrogen and oxygen atoms in total. The lowest BCUT2D eigenvalue weighted by molar-refractivity contribution is -0.115. The van der Waals surface area contributed by atoms with E-state index in [-0.39, 0.29) is 12.3 Å². The van der Waals surface area contributed by atoms with Crippen LogP contribution in [0.3, 0.4) is 0 Å². The standard InChI is InChI=1S/C24H19N5OS2/c30-22(27-19-10-5-4-9-18(19)14-29-16-25-15-26-29)13-21-23(20-11-6-12-31-20)28-24(32-21)17-7-2-1-3-8-17/h1-12,15-16H,13-14H2,(H,27,30). The third-order valence-electron chi connectivity index (χ3n) is 4.88. The summed E-state index contributed by atoms with van der Waals surface area (Å²) in [5, 5.41) is 10.2. The third kappa shape index (κ3) is 4.51. The average Bonchev–Trinajstić information content (AvgIpc) is 3.58. The number of amides is 1. The predicted octanol–water partition coefficient (Wildman–Crippen LogP) is 5.36. The van der Waals surface area contributed by atoms with E-state index in [0.717, 1.165) is 37.3 Å². The minimum atomic E-state index is -0.0721. The van der Waals surface area contributed by atoms with Gasteiger partial charge in [0, 0.05) is 16.1 Å². The van der Waals surface area contributed by atoms with Gasteiger partial charge in [-0.05, 0) is 23.1 Å². The Kier molecular flexibility index (Phi) is 5.87. The first-order valence-corrected chi connectivity index (χ1v) is 11.7. The van der Waals surface area contributed by atoms with Gasteiger partial charge in [-0.3, -0.25) is 4.79 Å². The van der Waals surface area contributed by atoms with Crippen LogP contribution >= 0.6 is 22.7 Å². The van der Waals surface area contributed by atoms with Crippen molar-refractivity contribution in [1.82, 2.24) is 19.7 Å². The van der Waals surface area contributed by atoms with Gasteiger partial charge in [-0.2, -0.15) is 5.10 Å². The molecule has 0 spiro atoms. The fraction of sp³-hybridized carbons (Fsp3) is 0.0833. The summed E-state index contributed by atoms with van der Waals surface area (Å²) in [5.74, 6) is -0.0721. The first-order valence-electron chi connectivity index (χ1n) is 10.1. The van der Waals surface area contributed by atoms with Crippen LogP contribution in [0.2, 0.25) is 0 Å². The summed E-state index contributed by atoms with van der Waals surface area (Å²) in [6.45, 7) is 0.537. The second kappa shape index (κ2) is 9.25. The predicted molar refractivity (Wildman–Crippen MR) is 129 cm³/mol. The molecule has 5 rings (SSSR count). The number of rotatable bonds is 7. The van der Waals surface area contributed by atoms with Crippen LogP contribution < -0.4 is 5.32 Å². The Morgan fingerprint density at radius 2 is 1.84 bits per heavy atom. The van der Waals surface area contributed by atoms with Gasteiger partial charge in [0.05, 0.1) is 23.5 Å². The summed E-state index contributed by atoms with van der Waals surface area (Å²) >= 11 is 3.20. The molecule has 0 saturated heterocycles. The molecule has 32 heavy (non-hydrogen) atoms. The fourth-order valence-corrected chi connectivity index (χ4v) is 5.28. The van der Waals surface area contributed by atoms with Crippen molar-refractivity contribution in [2.45, 2.75) is 13.0 Å². The van der Waals surface area contributed by atoms with Crippen LogP contribution in [0.15, 0.2) is 84.8 Å². The number of aromatic nitrogens is 4. The zero-order valence-electron chi connectivity index (χ0n) is 17.0. The Hall–Kier alpha value is -3.62. The summed E-state index contributed by atoms with van der Waals surface area (Å²) < 4.78 is 1.73. The van der Waals surface area contributed by atoms with E-state index in [2.05, 4.69) is 15.4 Å². The second-order valence-electron chi connectivity index (χ2n) is 7.11. The molecule has 0 atom stereocenters. The smallest absolute Gasteiger partial charge is 0.229 e. The van der Waals surface area contributed by atoms with E-state index < -0.39 is 0 Å². The SMILES string of the molecule is O=C(Cc1sc(-c2ccccc2)nc1-c1cccs1)Nc1ccccc1Cn1cncn1. The molecule has 0 aliphatic rings. The van der Waals surface area contributed by atoms with Crippen molar-refractivity contribution in [3.8, 4) is 21.1 Å². The number of hydrogen-bond acceptors (Lipinski definition) is 6. The first-order chi connectivity index (χ1) is 15.8. The van der Waals surface area contributed by atoms with Crippen molar-refractivity contribution < 1.29 is 4.79 Å². The fourth-order valence-electron chi connectivity index (χ4n) is 3.39. The molecule has 158 valence electrons. The van der Waals surface area contributed by atoms with Crippen LogP contribution in [0.25, 0.3) is 21.1 Å². The Balaban J connectivity index is 1.40. The van der Waals surface area contributed by atoms with E-state index in [1.807, 2.05) is 72.1 Å². The molecule has 0 radical (unpaired) electrons. The number of carbonyl (C=O) groups excluding carboxylic acids is 1. The monoisotopic (exact) mass is 457 g/mol. The number of carbonyl (C=O) groups is 1. The Morgan fingerprint density at radius 3 is 2.62 bits per heavy atom. The van der Waals surface area contributed by atoms with Gasteiger partial charge in [0.25, 0.3) is 0 Å². The van der Waals surface area contributed by atoms with Crippen molar-refractivity contribution in [2.75, 3.05) is 5.32 Å². The molecule has 0 bridgehead atoms. The normalized spacial score (nSPS) is 10.9. The van der Waals surface area contributed by atoms with Gasteiger partial charge in [-0.15, -0.1) is 22.7 Å². The lowest BCUT2D eigenvalue weighted by atomic mass is 10.1. The van der Waals surface area contributed by atoms with Crippen molar-refractivity contribution in [3.05, 3.63) is 95.2 Å². The highest BCUT2D eigenvalue weighted by Gasteiger charge is 2.18. The van der Waals surface area contributed by atoms with E-state index >= 15 is 0 Å². The van der Waals surface area contributed by atoms with Crippen molar-refractivity contribution in [3.63, 3.8) is 0 Å². The van der Waals surface area contributed by atoms with E-state index in [4.69, 9.17) is 4.98 Å². The van der Waals surface area contributed by atoms with Crippen LogP contribution in [0.4, 0.5) is 5.69 Å². The number of anilines is 1. The van der Waals surface area contributed by atoms with E-state index in [9.17, 15) is 4.79 Å². The topological polar surface area (TPSA) is 72.7 Å². The van der Waals surface area contributed by atoms with Gasteiger partial charge in [-0.1, -0.05) is 54.6 Å². The molecule has 5 aromatic rings. The Bertz CT molecular complexity index is 1310. The Labute approximate surface area is 193 Å². The molecule has 3 aromatic heterocycles. The summed E-state index contributed by atoms with van der Waals surface area (Å²) in [6, 6.07) is 21.9.